The number of benzene rings is 1. The zero-order chi connectivity index (χ0) is 13.8. The molecule has 0 aliphatic heterocycles. The van der Waals surface area contributed by atoms with Crippen LogP contribution in [0.2, 0.25) is 0 Å². The Hall–Kier alpha value is -1.03. The third kappa shape index (κ3) is 4.02. The van der Waals surface area contributed by atoms with Crippen molar-refractivity contribution in [2.24, 2.45) is 11.7 Å². The summed E-state index contributed by atoms with van der Waals surface area (Å²) in [6, 6.07) is 4.98. The van der Waals surface area contributed by atoms with Gasteiger partial charge in [-0.05, 0) is 30.0 Å². The number of hydrogen-bond acceptors (Lipinski definition) is 1. The summed E-state index contributed by atoms with van der Waals surface area (Å²) in [6.07, 6.45) is -1.37. The van der Waals surface area contributed by atoms with Crippen molar-refractivity contribution in [3.63, 3.8) is 0 Å². The van der Waals surface area contributed by atoms with E-state index in [1.54, 1.807) is 0 Å². The summed E-state index contributed by atoms with van der Waals surface area (Å²) in [6.45, 7) is 4.21. The van der Waals surface area contributed by atoms with E-state index in [4.69, 9.17) is 5.73 Å². The summed E-state index contributed by atoms with van der Waals surface area (Å²) in [5, 5.41) is 0. The smallest absolute Gasteiger partial charge is 0.324 e. The van der Waals surface area contributed by atoms with Gasteiger partial charge in [0.25, 0.3) is 0 Å². The van der Waals surface area contributed by atoms with Crippen molar-refractivity contribution in [1.82, 2.24) is 0 Å². The summed E-state index contributed by atoms with van der Waals surface area (Å²) in [4.78, 5) is 0. The van der Waals surface area contributed by atoms with Crippen molar-refractivity contribution in [1.29, 1.82) is 0 Å². The summed E-state index contributed by atoms with van der Waals surface area (Å²) in [7, 11) is 0. The quantitative estimate of drug-likeness (QED) is 0.826. The molecule has 0 heterocycles. The fraction of sp³-hybridized carbons (Fsp3) is 0.571. The van der Waals surface area contributed by atoms with Crippen LogP contribution in [0.3, 0.4) is 0 Å². The summed E-state index contributed by atoms with van der Waals surface area (Å²) in [5.41, 5.74) is 6.17. The Kier molecular flexibility index (Phi) is 5.20. The minimum atomic E-state index is -4.28. The summed E-state index contributed by atoms with van der Waals surface area (Å²) in [5.74, 6) is 0.530. The molecule has 102 valence electrons. The highest BCUT2D eigenvalue weighted by molar-refractivity contribution is 5.26. The van der Waals surface area contributed by atoms with Crippen LogP contribution in [0.5, 0.6) is 0 Å². The van der Waals surface area contributed by atoms with Crippen LogP contribution in [0, 0.1) is 5.92 Å². The van der Waals surface area contributed by atoms with Crippen LogP contribution in [0.25, 0.3) is 0 Å². The highest BCUT2D eigenvalue weighted by Gasteiger charge is 2.30. The maximum Gasteiger partial charge on any atom is 0.416 e. The fourth-order valence-corrected chi connectivity index (χ4v) is 2.04. The van der Waals surface area contributed by atoms with Crippen molar-refractivity contribution < 1.29 is 13.2 Å². The molecule has 2 N–H and O–H groups in total. The molecule has 0 aliphatic rings. The lowest BCUT2D eigenvalue weighted by Crippen LogP contribution is -2.15. The highest BCUT2D eigenvalue weighted by atomic mass is 19.4. The first-order valence-corrected chi connectivity index (χ1v) is 6.31. The van der Waals surface area contributed by atoms with Crippen molar-refractivity contribution in [3.8, 4) is 0 Å². The Morgan fingerprint density at radius 1 is 1.06 bits per heavy atom. The van der Waals surface area contributed by atoms with Crippen LogP contribution in [0.4, 0.5) is 13.2 Å². The second-order valence-corrected chi connectivity index (χ2v) is 4.64. The van der Waals surface area contributed by atoms with Crippen LogP contribution < -0.4 is 5.73 Å². The zero-order valence-corrected chi connectivity index (χ0v) is 10.8. The molecule has 1 aromatic carbocycles. The van der Waals surface area contributed by atoms with Gasteiger partial charge >= 0.3 is 6.18 Å². The minimum Gasteiger partial charge on any atom is -0.324 e. The van der Waals surface area contributed by atoms with Gasteiger partial charge in [-0.1, -0.05) is 38.8 Å². The molecular formula is C14H20F3N. The Bertz CT molecular complexity index is 352. The van der Waals surface area contributed by atoms with E-state index in [9.17, 15) is 13.2 Å². The zero-order valence-electron chi connectivity index (χ0n) is 10.8. The van der Waals surface area contributed by atoms with Gasteiger partial charge in [-0.15, -0.1) is 0 Å². The topological polar surface area (TPSA) is 26.0 Å². The van der Waals surface area contributed by atoms with E-state index < -0.39 is 11.7 Å². The lowest BCUT2D eigenvalue weighted by Gasteiger charge is -2.19. The molecule has 0 bridgehead atoms. The normalized spacial score (nSPS) is 13.9. The lowest BCUT2D eigenvalue weighted by molar-refractivity contribution is -0.137. The molecule has 0 amide bonds. The average molecular weight is 259 g/mol. The first-order chi connectivity index (χ1) is 8.38. The number of halogens is 3. The highest BCUT2D eigenvalue weighted by Crippen LogP contribution is 2.30. The summed E-state index contributed by atoms with van der Waals surface area (Å²) >= 11 is 0. The SMILES string of the molecule is CCC(CC)CC(N)c1ccc(C(F)(F)F)cc1. The Balaban J connectivity index is 2.73. The molecule has 1 unspecified atom stereocenters. The van der Waals surface area contributed by atoms with Crippen LogP contribution >= 0.6 is 0 Å². The van der Waals surface area contributed by atoms with E-state index in [1.807, 2.05) is 0 Å². The number of nitrogens with two attached hydrogens (primary N) is 1. The van der Waals surface area contributed by atoms with Gasteiger partial charge in [0.05, 0.1) is 5.56 Å². The van der Waals surface area contributed by atoms with Crippen molar-refractivity contribution >= 4 is 0 Å². The first kappa shape index (κ1) is 15.0. The molecule has 0 radical (unpaired) electrons. The third-order valence-electron chi connectivity index (χ3n) is 3.41. The number of rotatable bonds is 5. The molecule has 0 spiro atoms. The molecule has 1 rings (SSSR count). The Morgan fingerprint density at radius 2 is 1.56 bits per heavy atom. The molecular weight excluding hydrogens is 239 g/mol. The molecule has 0 fully saturated rings. The molecule has 18 heavy (non-hydrogen) atoms. The van der Waals surface area contributed by atoms with Crippen molar-refractivity contribution in [2.75, 3.05) is 0 Å². The van der Waals surface area contributed by atoms with Gasteiger partial charge in [0, 0.05) is 6.04 Å². The maximum absolute atomic E-state index is 12.4. The van der Waals surface area contributed by atoms with Crippen LogP contribution in [-0.4, -0.2) is 0 Å². The molecule has 4 heteroatoms. The van der Waals surface area contributed by atoms with Gasteiger partial charge in [-0.3, -0.25) is 0 Å². The maximum atomic E-state index is 12.4. The Morgan fingerprint density at radius 3 is 1.94 bits per heavy atom. The number of alkyl halides is 3. The van der Waals surface area contributed by atoms with Gasteiger partial charge in [0.15, 0.2) is 0 Å². The Labute approximate surface area is 106 Å². The van der Waals surface area contributed by atoms with Crippen LogP contribution in [0.15, 0.2) is 24.3 Å². The van der Waals surface area contributed by atoms with Gasteiger partial charge in [-0.2, -0.15) is 13.2 Å². The molecule has 0 aliphatic carbocycles. The van der Waals surface area contributed by atoms with Gasteiger partial charge in [0.2, 0.25) is 0 Å². The van der Waals surface area contributed by atoms with Crippen LogP contribution in [-0.2, 0) is 6.18 Å². The van der Waals surface area contributed by atoms with E-state index >= 15 is 0 Å². The van der Waals surface area contributed by atoms with Gasteiger partial charge < -0.3 is 5.73 Å². The molecule has 1 nitrogen and oxygen atoms in total. The van der Waals surface area contributed by atoms with E-state index in [-0.39, 0.29) is 6.04 Å². The van der Waals surface area contributed by atoms with E-state index in [0.29, 0.717) is 5.92 Å². The molecule has 0 saturated carbocycles. The second-order valence-electron chi connectivity index (χ2n) is 4.64. The molecule has 1 atom stereocenters. The first-order valence-electron chi connectivity index (χ1n) is 6.31. The third-order valence-corrected chi connectivity index (χ3v) is 3.41. The predicted molar refractivity (Wildman–Crippen MR) is 67.1 cm³/mol. The molecule has 0 saturated heterocycles. The molecule has 1 aromatic rings. The molecule has 0 aromatic heterocycles. The van der Waals surface area contributed by atoms with Crippen LogP contribution in [0.1, 0.15) is 50.3 Å². The van der Waals surface area contributed by atoms with E-state index in [1.165, 1.54) is 12.1 Å². The number of hydrogen-bond donors (Lipinski definition) is 1. The van der Waals surface area contributed by atoms with Gasteiger partial charge in [-0.25, -0.2) is 0 Å². The average Bonchev–Trinajstić information content (AvgIpc) is 2.34. The van der Waals surface area contributed by atoms with E-state index in [2.05, 4.69) is 13.8 Å². The minimum absolute atomic E-state index is 0.183. The standard InChI is InChI=1S/C14H20F3N/c1-3-10(4-2)9-13(18)11-5-7-12(8-6-11)14(15,16)17/h5-8,10,13H,3-4,9,18H2,1-2H3. The summed E-state index contributed by atoms with van der Waals surface area (Å²) < 4.78 is 37.2. The fourth-order valence-electron chi connectivity index (χ4n) is 2.04. The van der Waals surface area contributed by atoms with Crippen molar-refractivity contribution in [2.45, 2.75) is 45.3 Å². The second kappa shape index (κ2) is 6.23. The predicted octanol–water partition coefficient (Wildman–Crippen LogP) is 4.53. The lowest BCUT2D eigenvalue weighted by atomic mass is 9.91. The van der Waals surface area contributed by atoms with Gasteiger partial charge in [0.1, 0.15) is 0 Å². The largest absolute Gasteiger partial charge is 0.416 e. The monoisotopic (exact) mass is 259 g/mol. The van der Waals surface area contributed by atoms with Crippen molar-refractivity contribution in [3.05, 3.63) is 35.4 Å². The van der Waals surface area contributed by atoms with E-state index in [0.717, 1.165) is 37.0 Å².